The third-order valence-electron chi connectivity index (χ3n) is 4.93. The molecule has 0 heterocycles. The van der Waals surface area contributed by atoms with Gasteiger partial charge in [-0.2, -0.15) is 0 Å². The molecule has 0 atom stereocenters. The molecule has 2 aromatic rings. The van der Waals surface area contributed by atoms with Crippen LogP contribution in [-0.4, -0.2) is 37.7 Å². The molecule has 0 fully saturated rings. The van der Waals surface area contributed by atoms with Gasteiger partial charge in [0.1, 0.15) is 0 Å². The molecule has 0 unspecified atom stereocenters. The smallest absolute Gasteiger partial charge is 0.872 e. The van der Waals surface area contributed by atoms with Gasteiger partial charge in [-0.1, -0.05) is 114 Å². The van der Waals surface area contributed by atoms with Crippen LogP contribution in [-0.2, 0) is 12.8 Å². The van der Waals surface area contributed by atoms with Gasteiger partial charge < -0.3 is 10.2 Å². The first-order valence-electron chi connectivity index (χ1n) is 11.2. The summed E-state index contributed by atoms with van der Waals surface area (Å²) in [5, 5.41) is 22.1. The van der Waals surface area contributed by atoms with Gasteiger partial charge in [0, 0.05) is 0 Å². The number of hydrogen-bond donors (Lipinski definition) is 0. The van der Waals surface area contributed by atoms with E-state index in [2.05, 4.69) is 13.8 Å². The second-order valence-electron chi connectivity index (χ2n) is 7.62. The number of benzene rings is 2. The van der Waals surface area contributed by atoms with E-state index in [1.54, 1.807) is 24.3 Å². The minimum atomic E-state index is 0. The fourth-order valence-electron chi connectivity index (χ4n) is 3.27. The Kier molecular flexibility index (Phi) is 18.8. The average molecular weight is 423 g/mol. The molecule has 0 radical (unpaired) electrons. The van der Waals surface area contributed by atoms with Crippen LogP contribution >= 0.6 is 0 Å². The minimum absolute atomic E-state index is 0. The van der Waals surface area contributed by atoms with Crippen molar-refractivity contribution < 1.29 is 10.2 Å². The Bertz CT molecular complexity index is 572. The van der Waals surface area contributed by atoms with Crippen molar-refractivity contribution in [2.24, 2.45) is 0 Å². The topological polar surface area (TPSA) is 46.1 Å². The fourth-order valence-corrected chi connectivity index (χ4v) is 3.27. The first kappa shape index (κ1) is 28.3. The SMILES string of the molecule is CCCCCCCc1cccc([O-])c1.CCCCCCCc1cccc([O-])c1.[Ca+2]. The second kappa shape index (κ2) is 19.3. The molecular formula is C26H38CaO2. The van der Waals surface area contributed by atoms with E-state index in [4.69, 9.17) is 0 Å². The number of unbranched alkanes of at least 4 members (excludes halogenated alkanes) is 8. The van der Waals surface area contributed by atoms with Gasteiger partial charge in [0.2, 0.25) is 0 Å². The Labute approximate surface area is 208 Å². The van der Waals surface area contributed by atoms with E-state index in [1.807, 2.05) is 24.3 Å². The molecule has 0 saturated carbocycles. The zero-order chi connectivity index (χ0) is 20.5. The van der Waals surface area contributed by atoms with E-state index in [0.29, 0.717) is 0 Å². The maximum atomic E-state index is 11.0. The van der Waals surface area contributed by atoms with Crippen LogP contribution in [0.3, 0.4) is 0 Å². The molecule has 2 aromatic carbocycles. The standard InChI is InChI=1S/2C13H20O.Ca/c2*1-2-3-4-5-6-8-12-9-7-10-13(14)11-12;/h2*7,9-11,14H,2-6,8H2,1H3;/q;;+2/p-2. The molecule has 29 heavy (non-hydrogen) atoms. The van der Waals surface area contributed by atoms with E-state index in [-0.39, 0.29) is 49.2 Å². The summed E-state index contributed by atoms with van der Waals surface area (Å²) in [4.78, 5) is 0. The van der Waals surface area contributed by atoms with Crippen molar-refractivity contribution >= 4 is 37.7 Å². The van der Waals surface area contributed by atoms with Gasteiger partial charge in [-0.3, -0.25) is 0 Å². The molecule has 0 aromatic heterocycles. The van der Waals surface area contributed by atoms with E-state index in [0.717, 1.165) is 12.8 Å². The Morgan fingerprint density at radius 3 is 1.28 bits per heavy atom. The van der Waals surface area contributed by atoms with Crippen LogP contribution in [0, 0.1) is 0 Å². The molecule has 0 bridgehead atoms. The number of rotatable bonds is 12. The summed E-state index contributed by atoms with van der Waals surface area (Å²) in [5.41, 5.74) is 2.38. The summed E-state index contributed by atoms with van der Waals surface area (Å²) < 4.78 is 0. The number of aryl methyl sites for hydroxylation is 2. The van der Waals surface area contributed by atoms with E-state index < -0.39 is 0 Å². The summed E-state index contributed by atoms with van der Waals surface area (Å²) in [7, 11) is 0. The molecule has 3 heteroatoms. The largest absolute Gasteiger partial charge is 2.00 e. The molecular weight excluding hydrogens is 384 g/mol. The van der Waals surface area contributed by atoms with Gasteiger partial charge in [-0.25, -0.2) is 0 Å². The zero-order valence-electron chi connectivity index (χ0n) is 18.6. The van der Waals surface area contributed by atoms with Crippen molar-refractivity contribution in [1.82, 2.24) is 0 Å². The fraction of sp³-hybridized carbons (Fsp3) is 0.538. The van der Waals surface area contributed by atoms with Crippen molar-refractivity contribution in [3.05, 3.63) is 59.7 Å². The van der Waals surface area contributed by atoms with Gasteiger partial charge >= 0.3 is 37.7 Å². The molecule has 2 rings (SSSR count). The second-order valence-corrected chi connectivity index (χ2v) is 7.62. The maximum Gasteiger partial charge on any atom is 2.00 e. The molecule has 156 valence electrons. The van der Waals surface area contributed by atoms with E-state index in [1.165, 1.54) is 75.3 Å². The van der Waals surface area contributed by atoms with Crippen LogP contribution < -0.4 is 10.2 Å². The van der Waals surface area contributed by atoms with Crippen molar-refractivity contribution in [3.8, 4) is 11.5 Å². The van der Waals surface area contributed by atoms with Crippen molar-refractivity contribution in [2.45, 2.75) is 90.9 Å². The maximum absolute atomic E-state index is 11.0. The predicted octanol–water partition coefficient (Wildman–Crippen LogP) is 6.17. The minimum Gasteiger partial charge on any atom is -0.872 e. The summed E-state index contributed by atoms with van der Waals surface area (Å²) in [6.07, 6.45) is 15.0. The molecule has 2 nitrogen and oxygen atoms in total. The molecule has 0 N–H and O–H groups in total. The van der Waals surface area contributed by atoms with Crippen molar-refractivity contribution in [3.63, 3.8) is 0 Å². The van der Waals surface area contributed by atoms with E-state index in [9.17, 15) is 10.2 Å². The van der Waals surface area contributed by atoms with E-state index >= 15 is 0 Å². The van der Waals surface area contributed by atoms with Crippen LogP contribution in [0.5, 0.6) is 11.5 Å². The third kappa shape index (κ3) is 15.8. The average Bonchev–Trinajstić information content (AvgIpc) is 2.68. The Morgan fingerprint density at radius 1 is 0.552 bits per heavy atom. The van der Waals surface area contributed by atoms with Gasteiger partial charge in [0.15, 0.2) is 0 Å². The molecule has 0 saturated heterocycles. The molecule has 0 aliphatic carbocycles. The summed E-state index contributed by atoms with van der Waals surface area (Å²) in [6.45, 7) is 4.45. The van der Waals surface area contributed by atoms with Crippen LogP contribution in [0.15, 0.2) is 48.5 Å². The van der Waals surface area contributed by atoms with Gasteiger partial charge in [-0.05, 0) is 36.8 Å². The van der Waals surface area contributed by atoms with Gasteiger partial charge in [0.25, 0.3) is 0 Å². The summed E-state index contributed by atoms with van der Waals surface area (Å²) in [5.74, 6) is 0.270. The summed E-state index contributed by atoms with van der Waals surface area (Å²) in [6, 6.07) is 14.5. The summed E-state index contributed by atoms with van der Waals surface area (Å²) >= 11 is 0. The monoisotopic (exact) mass is 422 g/mol. The Hall–Kier alpha value is -0.700. The third-order valence-corrected chi connectivity index (χ3v) is 4.93. The normalized spacial score (nSPS) is 10.0. The predicted molar refractivity (Wildman–Crippen MR) is 122 cm³/mol. The van der Waals surface area contributed by atoms with Gasteiger partial charge in [-0.15, -0.1) is 11.5 Å². The quantitative estimate of drug-likeness (QED) is 0.303. The molecule has 0 amide bonds. The van der Waals surface area contributed by atoms with Crippen LogP contribution in [0.25, 0.3) is 0 Å². The zero-order valence-corrected chi connectivity index (χ0v) is 20.8. The van der Waals surface area contributed by atoms with Gasteiger partial charge in [0.05, 0.1) is 0 Å². The molecule has 0 aliphatic heterocycles. The van der Waals surface area contributed by atoms with Crippen LogP contribution in [0.1, 0.15) is 89.2 Å². The first-order chi connectivity index (χ1) is 13.7. The Balaban J connectivity index is 0.000000523. The molecule has 0 spiro atoms. The van der Waals surface area contributed by atoms with Crippen molar-refractivity contribution in [2.75, 3.05) is 0 Å². The van der Waals surface area contributed by atoms with Crippen LogP contribution in [0.4, 0.5) is 0 Å². The first-order valence-corrected chi connectivity index (χ1v) is 11.2. The van der Waals surface area contributed by atoms with Crippen molar-refractivity contribution in [1.29, 1.82) is 0 Å². The molecule has 0 aliphatic rings. The number of hydrogen-bond acceptors (Lipinski definition) is 2. The Morgan fingerprint density at radius 2 is 0.931 bits per heavy atom. The van der Waals surface area contributed by atoms with Crippen LogP contribution in [0.2, 0.25) is 0 Å².